The summed E-state index contributed by atoms with van der Waals surface area (Å²) in [5.41, 5.74) is 0.684. The van der Waals surface area contributed by atoms with E-state index in [1.54, 1.807) is 6.07 Å². The van der Waals surface area contributed by atoms with Crippen molar-refractivity contribution in [1.82, 2.24) is 15.1 Å². The SMILES string of the molecule is O=C(CSc1cccc(Cl)c1)N(Cc1nnc(-c2ccccc2Cl)o1)C1CC1. The Bertz CT molecular complexity index is 991. The first-order valence-electron chi connectivity index (χ1n) is 8.85. The maximum atomic E-state index is 12.8. The first kappa shape index (κ1) is 19.3. The van der Waals surface area contributed by atoms with Gasteiger partial charge in [-0.2, -0.15) is 0 Å². The standard InChI is InChI=1S/C20H17Cl2N3O2S/c21-13-4-3-5-15(10-13)28-12-19(26)25(14-8-9-14)11-18-23-24-20(27-18)16-6-1-2-7-17(16)22/h1-7,10,14H,8-9,11-12H2. The van der Waals surface area contributed by atoms with E-state index < -0.39 is 0 Å². The van der Waals surface area contributed by atoms with Crippen LogP contribution in [0.4, 0.5) is 0 Å². The summed E-state index contributed by atoms with van der Waals surface area (Å²) in [4.78, 5) is 15.6. The number of benzene rings is 2. The van der Waals surface area contributed by atoms with Crippen LogP contribution in [0.25, 0.3) is 11.5 Å². The molecule has 5 nitrogen and oxygen atoms in total. The first-order valence-corrected chi connectivity index (χ1v) is 10.6. The monoisotopic (exact) mass is 433 g/mol. The van der Waals surface area contributed by atoms with Gasteiger partial charge in [-0.15, -0.1) is 22.0 Å². The van der Waals surface area contributed by atoms with Crippen LogP contribution in [-0.2, 0) is 11.3 Å². The number of carbonyl (C=O) groups is 1. The van der Waals surface area contributed by atoms with E-state index in [1.807, 2.05) is 47.4 Å². The Kier molecular flexibility index (Phi) is 5.90. The lowest BCUT2D eigenvalue weighted by Gasteiger charge is -2.20. The number of aromatic nitrogens is 2. The molecule has 1 amide bonds. The van der Waals surface area contributed by atoms with Gasteiger partial charge in [-0.05, 0) is 43.2 Å². The Morgan fingerprint density at radius 2 is 1.96 bits per heavy atom. The number of nitrogens with zero attached hydrogens (tertiary/aromatic N) is 3. The molecule has 4 rings (SSSR count). The van der Waals surface area contributed by atoms with Gasteiger partial charge in [0.15, 0.2) is 0 Å². The topological polar surface area (TPSA) is 59.2 Å². The van der Waals surface area contributed by atoms with Crippen LogP contribution in [0.15, 0.2) is 57.8 Å². The zero-order valence-corrected chi connectivity index (χ0v) is 17.2. The molecule has 144 valence electrons. The molecule has 28 heavy (non-hydrogen) atoms. The Morgan fingerprint density at radius 1 is 1.14 bits per heavy atom. The molecule has 1 aliphatic carbocycles. The zero-order chi connectivity index (χ0) is 19.5. The van der Waals surface area contributed by atoms with Crippen molar-refractivity contribution in [2.24, 2.45) is 0 Å². The molecule has 3 aromatic rings. The minimum absolute atomic E-state index is 0.0463. The Hall–Kier alpha value is -2.02. The maximum Gasteiger partial charge on any atom is 0.249 e. The van der Waals surface area contributed by atoms with Gasteiger partial charge in [0.05, 0.1) is 22.9 Å². The first-order chi connectivity index (χ1) is 13.6. The minimum Gasteiger partial charge on any atom is -0.419 e. The molecule has 0 radical (unpaired) electrons. The summed E-state index contributed by atoms with van der Waals surface area (Å²) in [6.07, 6.45) is 2.00. The molecule has 8 heteroatoms. The van der Waals surface area contributed by atoms with Crippen LogP contribution >= 0.6 is 35.0 Å². The van der Waals surface area contributed by atoms with Gasteiger partial charge < -0.3 is 9.32 Å². The van der Waals surface area contributed by atoms with Crippen molar-refractivity contribution < 1.29 is 9.21 Å². The summed E-state index contributed by atoms with van der Waals surface area (Å²) in [6, 6.07) is 15.0. The fourth-order valence-electron chi connectivity index (χ4n) is 2.80. The van der Waals surface area contributed by atoms with E-state index >= 15 is 0 Å². The number of rotatable bonds is 7. The number of hydrogen-bond donors (Lipinski definition) is 0. The quantitative estimate of drug-likeness (QED) is 0.471. The predicted octanol–water partition coefficient (Wildman–Crippen LogP) is 5.33. The van der Waals surface area contributed by atoms with Crippen LogP contribution in [0.3, 0.4) is 0 Å². The van der Waals surface area contributed by atoms with Gasteiger partial charge in [-0.1, -0.05) is 41.4 Å². The molecule has 0 saturated heterocycles. The third-order valence-electron chi connectivity index (χ3n) is 4.34. The van der Waals surface area contributed by atoms with Gasteiger partial charge in [-0.3, -0.25) is 4.79 Å². The van der Waals surface area contributed by atoms with E-state index in [4.69, 9.17) is 27.6 Å². The van der Waals surface area contributed by atoms with E-state index in [9.17, 15) is 4.79 Å². The number of halogens is 2. The van der Waals surface area contributed by atoms with Gasteiger partial charge in [-0.25, -0.2) is 0 Å². The maximum absolute atomic E-state index is 12.8. The molecule has 0 N–H and O–H groups in total. The normalized spacial score (nSPS) is 13.5. The zero-order valence-electron chi connectivity index (χ0n) is 14.8. The second kappa shape index (κ2) is 8.55. The third kappa shape index (κ3) is 4.69. The summed E-state index contributed by atoms with van der Waals surface area (Å²) in [7, 11) is 0. The number of carbonyl (C=O) groups excluding carboxylic acids is 1. The number of amides is 1. The van der Waals surface area contributed by atoms with Crippen LogP contribution < -0.4 is 0 Å². The van der Waals surface area contributed by atoms with Crippen molar-refractivity contribution in [2.45, 2.75) is 30.3 Å². The Labute approximate surface area is 177 Å². The lowest BCUT2D eigenvalue weighted by molar-refractivity contribution is -0.129. The van der Waals surface area contributed by atoms with Crippen LogP contribution in [0.1, 0.15) is 18.7 Å². The van der Waals surface area contributed by atoms with E-state index in [0.717, 1.165) is 17.7 Å². The molecule has 0 spiro atoms. The van der Waals surface area contributed by atoms with Crippen LogP contribution in [0.2, 0.25) is 10.0 Å². The summed E-state index contributed by atoms with van der Waals surface area (Å²) in [5, 5.41) is 9.39. The average molecular weight is 434 g/mol. The molecule has 1 saturated carbocycles. The summed E-state index contributed by atoms with van der Waals surface area (Å²) in [5.74, 6) is 1.15. The van der Waals surface area contributed by atoms with Crippen molar-refractivity contribution in [1.29, 1.82) is 0 Å². The van der Waals surface area contributed by atoms with Gasteiger partial charge in [0.25, 0.3) is 0 Å². The van der Waals surface area contributed by atoms with Gasteiger partial charge in [0, 0.05) is 16.0 Å². The molecular weight excluding hydrogens is 417 g/mol. The highest BCUT2D eigenvalue weighted by Crippen LogP contribution is 2.31. The highest BCUT2D eigenvalue weighted by molar-refractivity contribution is 8.00. The van der Waals surface area contributed by atoms with Gasteiger partial charge in [0.1, 0.15) is 0 Å². The average Bonchev–Trinajstić information content (AvgIpc) is 3.43. The van der Waals surface area contributed by atoms with Crippen molar-refractivity contribution in [3.05, 3.63) is 64.5 Å². The summed E-state index contributed by atoms with van der Waals surface area (Å²) >= 11 is 13.7. The lowest BCUT2D eigenvalue weighted by Crippen LogP contribution is -2.34. The second-order valence-corrected chi connectivity index (χ2v) is 8.37. The van der Waals surface area contributed by atoms with Crippen molar-refractivity contribution in [3.8, 4) is 11.5 Å². The molecule has 0 atom stereocenters. The van der Waals surface area contributed by atoms with E-state index in [-0.39, 0.29) is 11.9 Å². The smallest absolute Gasteiger partial charge is 0.249 e. The fraction of sp³-hybridized carbons (Fsp3) is 0.250. The molecule has 0 bridgehead atoms. The molecule has 1 aromatic heterocycles. The summed E-state index contributed by atoms with van der Waals surface area (Å²) < 4.78 is 5.76. The number of thioether (sulfide) groups is 1. The largest absolute Gasteiger partial charge is 0.419 e. The second-order valence-electron chi connectivity index (χ2n) is 6.48. The third-order valence-corrected chi connectivity index (χ3v) is 5.89. The van der Waals surface area contributed by atoms with E-state index in [1.165, 1.54) is 11.8 Å². The lowest BCUT2D eigenvalue weighted by atomic mass is 10.2. The molecular formula is C20H17Cl2N3O2S. The van der Waals surface area contributed by atoms with Crippen molar-refractivity contribution in [2.75, 3.05) is 5.75 Å². The fourth-order valence-corrected chi connectivity index (χ4v) is 4.11. The molecule has 1 aliphatic rings. The van der Waals surface area contributed by atoms with Crippen LogP contribution in [-0.4, -0.2) is 32.8 Å². The molecule has 1 fully saturated rings. The van der Waals surface area contributed by atoms with Crippen LogP contribution in [0.5, 0.6) is 0 Å². The molecule has 0 unspecified atom stereocenters. The molecule has 1 heterocycles. The van der Waals surface area contributed by atoms with E-state index in [2.05, 4.69) is 10.2 Å². The van der Waals surface area contributed by atoms with Gasteiger partial charge in [0.2, 0.25) is 17.7 Å². The van der Waals surface area contributed by atoms with Crippen molar-refractivity contribution in [3.63, 3.8) is 0 Å². The molecule has 0 aliphatic heterocycles. The predicted molar refractivity (Wildman–Crippen MR) is 110 cm³/mol. The Morgan fingerprint density at radius 3 is 2.71 bits per heavy atom. The van der Waals surface area contributed by atoms with Crippen LogP contribution in [0, 0.1) is 0 Å². The van der Waals surface area contributed by atoms with Crippen molar-refractivity contribution >= 4 is 40.9 Å². The number of hydrogen-bond acceptors (Lipinski definition) is 5. The highest BCUT2D eigenvalue weighted by Gasteiger charge is 2.33. The Balaban J connectivity index is 1.43. The minimum atomic E-state index is 0.0463. The van der Waals surface area contributed by atoms with Gasteiger partial charge >= 0.3 is 0 Å². The summed E-state index contributed by atoms with van der Waals surface area (Å²) in [6.45, 7) is 0.303. The highest BCUT2D eigenvalue weighted by atomic mass is 35.5. The van der Waals surface area contributed by atoms with E-state index in [0.29, 0.717) is 39.7 Å². The molecule has 2 aromatic carbocycles.